The lowest BCUT2D eigenvalue weighted by molar-refractivity contribution is -0.384. The van der Waals surface area contributed by atoms with Gasteiger partial charge in [0.1, 0.15) is 0 Å². The summed E-state index contributed by atoms with van der Waals surface area (Å²) < 4.78 is 4.73. The molecule has 2 rings (SSSR count). The van der Waals surface area contributed by atoms with Crippen molar-refractivity contribution in [3.63, 3.8) is 0 Å². The Bertz CT molecular complexity index is 844. The van der Waals surface area contributed by atoms with E-state index in [1.54, 1.807) is 30.3 Å². The Morgan fingerprint density at radius 1 is 1.04 bits per heavy atom. The highest BCUT2D eigenvalue weighted by molar-refractivity contribution is 6.05. The van der Waals surface area contributed by atoms with E-state index in [0.717, 1.165) is 6.08 Å². The van der Waals surface area contributed by atoms with Crippen molar-refractivity contribution in [2.75, 3.05) is 6.61 Å². The van der Waals surface area contributed by atoms with Crippen molar-refractivity contribution in [1.29, 1.82) is 0 Å². The third-order valence-corrected chi connectivity index (χ3v) is 3.15. The van der Waals surface area contributed by atoms with Crippen LogP contribution in [0.1, 0.15) is 15.9 Å². The molecule has 0 aliphatic carbocycles. The minimum atomic E-state index is -0.786. The van der Waals surface area contributed by atoms with Crippen molar-refractivity contribution < 1.29 is 24.0 Å². The molecule has 8 nitrogen and oxygen atoms in total. The smallest absolute Gasteiger partial charge is 0.331 e. The zero-order chi connectivity index (χ0) is 18.9. The van der Waals surface area contributed by atoms with Crippen LogP contribution in [0.15, 0.2) is 60.7 Å². The number of hydrogen-bond donors (Lipinski definition) is 1. The Morgan fingerprint density at radius 2 is 1.69 bits per heavy atom. The zero-order valence-corrected chi connectivity index (χ0v) is 13.5. The van der Waals surface area contributed by atoms with Crippen molar-refractivity contribution in [2.24, 2.45) is 0 Å². The molecule has 0 radical (unpaired) electrons. The molecule has 2 amide bonds. The van der Waals surface area contributed by atoms with Crippen LogP contribution in [0.3, 0.4) is 0 Å². The lowest BCUT2D eigenvalue weighted by Crippen LogP contribution is -2.33. The molecule has 2 aromatic carbocycles. The van der Waals surface area contributed by atoms with E-state index in [9.17, 15) is 24.5 Å². The van der Waals surface area contributed by atoms with Gasteiger partial charge in [-0.1, -0.05) is 18.2 Å². The highest BCUT2D eigenvalue weighted by atomic mass is 16.6. The van der Waals surface area contributed by atoms with Gasteiger partial charge in [-0.15, -0.1) is 0 Å². The van der Waals surface area contributed by atoms with E-state index in [2.05, 4.69) is 5.32 Å². The maximum absolute atomic E-state index is 11.8. The molecule has 0 unspecified atom stereocenters. The highest BCUT2D eigenvalue weighted by Crippen LogP contribution is 2.12. The second kappa shape index (κ2) is 8.88. The average Bonchev–Trinajstić information content (AvgIpc) is 2.65. The van der Waals surface area contributed by atoms with Crippen molar-refractivity contribution in [3.05, 3.63) is 81.9 Å². The first-order valence-corrected chi connectivity index (χ1v) is 7.44. The number of nitrogens with zero attached hydrogens (tertiary/aromatic N) is 1. The van der Waals surface area contributed by atoms with Gasteiger partial charge < -0.3 is 4.74 Å². The number of hydrogen-bond acceptors (Lipinski definition) is 6. The maximum Gasteiger partial charge on any atom is 0.331 e. The van der Waals surface area contributed by atoms with Gasteiger partial charge in [0.15, 0.2) is 6.61 Å². The summed E-state index contributed by atoms with van der Waals surface area (Å²) in [5, 5.41) is 12.6. The van der Waals surface area contributed by atoms with Crippen molar-refractivity contribution in [3.8, 4) is 0 Å². The summed E-state index contributed by atoms with van der Waals surface area (Å²) in [6.07, 6.45) is 2.46. The van der Waals surface area contributed by atoms with E-state index in [1.807, 2.05) is 0 Å². The first-order chi connectivity index (χ1) is 12.5. The van der Waals surface area contributed by atoms with Gasteiger partial charge in [-0.05, 0) is 35.9 Å². The number of ether oxygens (including phenoxy) is 1. The van der Waals surface area contributed by atoms with Crippen LogP contribution in [0, 0.1) is 10.1 Å². The molecular formula is C18H14N2O6. The second-order valence-corrected chi connectivity index (χ2v) is 5.03. The van der Waals surface area contributed by atoms with Gasteiger partial charge in [0.2, 0.25) is 0 Å². The summed E-state index contributed by atoms with van der Waals surface area (Å²) >= 11 is 0. The van der Waals surface area contributed by atoms with E-state index in [-0.39, 0.29) is 5.69 Å². The lowest BCUT2D eigenvalue weighted by Gasteiger charge is -2.04. The van der Waals surface area contributed by atoms with Gasteiger partial charge in [-0.2, -0.15) is 0 Å². The molecule has 0 saturated carbocycles. The SMILES string of the molecule is O=C(COC(=O)/C=C/c1ccc([N+](=O)[O-])cc1)NC(=O)c1ccccc1. The number of amides is 2. The molecule has 132 valence electrons. The van der Waals surface area contributed by atoms with Crippen LogP contribution in [0.5, 0.6) is 0 Å². The molecule has 0 aromatic heterocycles. The van der Waals surface area contributed by atoms with Crippen LogP contribution in [-0.2, 0) is 14.3 Å². The van der Waals surface area contributed by atoms with E-state index in [0.29, 0.717) is 11.1 Å². The Morgan fingerprint density at radius 3 is 2.31 bits per heavy atom. The molecule has 0 spiro atoms. The molecular weight excluding hydrogens is 340 g/mol. The fourth-order valence-corrected chi connectivity index (χ4v) is 1.88. The number of benzene rings is 2. The minimum Gasteiger partial charge on any atom is -0.452 e. The standard InChI is InChI=1S/C18H14N2O6/c21-16(19-18(23)14-4-2-1-3-5-14)12-26-17(22)11-8-13-6-9-15(10-7-13)20(24)25/h1-11H,12H2,(H,19,21,23)/b11-8+. The fraction of sp³-hybridized carbons (Fsp3) is 0.0556. The minimum absolute atomic E-state index is 0.0653. The van der Waals surface area contributed by atoms with Crippen molar-refractivity contribution in [1.82, 2.24) is 5.32 Å². The number of carbonyl (C=O) groups is 3. The maximum atomic E-state index is 11.8. The number of esters is 1. The third-order valence-electron chi connectivity index (χ3n) is 3.15. The number of nitrogens with one attached hydrogen (secondary N) is 1. The molecule has 8 heteroatoms. The van der Waals surface area contributed by atoms with Crippen LogP contribution in [0.2, 0.25) is 0 Å². The first kappa shape index (κ1) is 18.5. The van der Waals surface area contributed by atoms with Crippen LogP contribution >= 0.6 is 0 Å². The second-order valence-electron chi connectivity index (χ2n) is 5.03. The van der Waals surface area contributed by atoms with E-state index >= 15 is 0 Å². The molecule has 0 heterocycles. The first-order valence-electron chi connectivity index (χ1n) is 7.44. The van der Waals surface area contributed by atoms with Crippen LogP contribution in [0.4, 0.5) is 5.69 Å². The Balaban J connectivity index is 1.79. The lowest BCUT2D eigenvalue weighted by atomic mass is 10.2. The largest absolute Gasteiger partial charge is 0.452 e. The monoisotopic (exact) mass is 354 g/mol. The van der Waals surface area contributed by atoms with Gasteiger partial charge >= 0.3 is 5.97 Å². The van der Waals surface area contributed by atoms with Gasteiger partial charge in [-0.3, -0.25) is 25.0 Å². The number of carbonyl (C=O) groups excluding carboxylic acids is 3. The normalized spacial score (nSPS) is 10.3. The molecule has 0 aliphatic heterocycles. The third kappa shape index (κ3) is 5.68. The summed E-state index contributed by atoms with van der Waals surface area (Å²) in [7, 11) is 0. The molecule has 0 atom stereocenters. The van der Waals surface area contributed by atoms with Crippen LogP contribution in [-0.4, -0.2) is 29.3 Å². The molecule has 0 saturated heterocycles. The number of nitro groups is 1. The number of rotatable bonds is 6. The highest BCUT2D eigenvalue weighted by Gasteiger charge is 2.11. The topological polar surface area (TPSA) is 116 Å². The van der Waals surface area contributed by atoms with E-state index in [1.165, 1.54) is 30.3 Å². The summed E-state index contributed by atoms with van der Waals surface area (Å²) in [5.41, 5.74) is 0.797. The molecule has 2 aromatic rings. The van der Waals surface area contributed by atoms with Gasteiger partial charge in [-0.25, -0.2) is 4.79 Å². The quantitative estimate of drug-likeness (QED) is 0.368. The molecule has 26 heavy (non-hydrogen) atoms. The predicted molar refractivity (Wildman–Crippen MR) is 92.0 cm³/mol. The number of nitro benzene ring substituents is 1. The Kier molecular flexibility index (Phi) is 6.33. The Hall–Kier alpha value is -3.81. The van der Waals surface area contributed by atoms with Crippen molar-refractivity contribution in [2.45, 2.75) is 0 Å². The van der Waals surface area contributed by atoms with Crippen LogP contribution in [0.25, 0.3) is 6.08 Å². The summed E-state index contributed by atoms with van der Waals surface area (Å²) in [4.78, 5) is 44.9. The van der Waals surface area contributed by atoms with Crippen LogP contribution < -0.4 is 5.32 Å². The molecule has 0 fully saturated rings. The fourth-order valence-electron chi connectivity index (χ4n) is 1.88. The molecule has 0 aliphatic rings. The van der Waals surface area contributed by atoms with Gasteiger partial charge in [0, 0.05) is 23.8 Å². The van der Waals surface area contributed by atoms with Gasteiger partial charge in [0.05, 0.1) is 4.92 Å². The summed E-state index contributed by atoms with van der Waals surface area (Å²) in [5.74, 6) is -2.13. The number of non-ortho nitro benzene ring substituents is 1. The number of imide groups is 1. The average molecular weight is 354 g/mol. The van der Waals surface area contributed by atoms with Crippen molar-refractivity contribution >= 4 is 29.5 Å². The summed E-state index contributed by atoms with van der Waals surface area (Å²) in [6, 6.07) is 13.7. The van der Waals surface area contributed by atoms with E-state index < -0.39 is 29.3 Å². The predicted octanol–water partition coefficient (Wildman–Crippen LogP) is 2.11. The molecule has 0 bridgehead atoms. The van der Waals surface area contributed by atoms with E-state index in [4.69, 9.17) is 4.74 Å². The summed E-state index contributed by atoms with van der Waals surface area (Å²) in [6.45, 7) is -0.609. The zero-order valence-electron chi connectivity index (χ0n) is 13.5. The Labute approximate surface area is 148 Å². The molecule has 1 N–H and O–H groups in total. The van der Waals surface area contributed by atoms with Gasteiger partial charge in [0.25, 0.3) is 17.5 Å².